The number of nitrogens with one attached hydrogen (secondary N) is 1. The van der Waals surface area contributed by atoms with Gasteiger partial charge in [0.15, 0.2) is 0 Å². The second kappa shape index (κ2) is 12.2. The normalized spacial score (nSPS) is 15.0. The van der Waals surface area contributed by atoms with Crippen molar-refractivity contribution in [1.82, 2.24) is 10.2 Å². The second-order valence-electron chi connectivity index (χ2n) is 9.17. The summed E-state index contributed by atoms with van der Waals surface area (Å²) in [4.78, 5) is 28.5. The van der Waals surface area contributed by atoms with Gasteiger partial charge in [0.2, 0.25) is 21.8 Å². The van der Waals surface area contributed by atoms with Crippen molar-refractivity contribution >= 4 is 50.1 Å². The highest BCUT2D eigenvalue weighted by Gasteiger charge is 2.33. The molecule has 0 radical (unpaired) electrons. The highest BCUT2D eigenvalue weighted by molar-refractivity contribution is 14.1. The summed E-state index contributed by atoms with van der Waals surface area (Å²) in [5.41, 5.74) is 2.36. The maximum Gasteiger partial charge on any atom is 0.244 e. The third-order valence-electron chi connectivity index (χ3n) is 6.32. The van der Waals surface area contributed by atoms with Crippen LogP contribution in [0.25, 0.3) is 0 Å². The first-order valence-corrected chi connectivity index (χ1v) is 14.9. The molecule has 2 amide bonds. The fourth-order valence-electron chi connectivity index (χ4n) is 4.52. The zero-order chi connectivity index (χ0) is 25.6. The van der Waals surface area contributed by atoms with E-state index in [1.54, 1.807) is 24.3 Å². The lowest BCUT2D eigenvalue weighted by Crippen LogP contribution is -2.53. The molecule has 0 aliphatic heterocycles. The van der Waals surface area contributed by atoms with Gasteiger partial charge in [-0.25, -0.2) is 8.42 Å². The van der Waals surface area contributed by atoms with E-state index in [-0.39, 0.29) is 25.0 Å². The number of carbonyl (C=O) groups is 2. The number of aryl methyl sites for hydroxylation is 1. The molecule has 3 rings (SSSR count). The van der Waals surface area contributed by atoms with Crippen LogP contribution in [-0.2, 0) is 26.2 Å². The number of nitrogens with zero attached hydrogens (tertiary/aromatic N) is 2. The summed E-state index contributed by atoms with van der Waals surface area (Å²) in [7, 11) is -3.73. The number of halogens is 1. The van der Waals surface area contributed by atoms with E-state index in [1.165, 1.54) is 4.90 Å². The minimum Gasteiger partial charge on any atom is -0.352 e. The van der Waals surface area contributed by atoms with Crippen LogP contribution in [0.2, 0.25) is 0 Å². The summed E-state index contributed by atoms with van der Waals surface area (Å²) in [5, 5.41) is 3.12. The Morgan fingerprint density at radius 2 is 1.77 bits per heavy atom. The predicted molar refractivity (Wildman–Crippen MR) is 148 cm³/mol. The molecule has 2 aromatic carbocycles. The Kier molecular flexibility index (Phi) is 9.57. The van der Waals surface area contributed by atoms with Crippen LogP contribution in [0, 0.1) is 10.5 Å². The topological polar surface area (TPSA) is 86.8 Å². The van der Waals surface area contributed by atoms with Gasteiger partial charge in [0.1, 0.15) is 12.6 Å². The highest BCUT2D eigenvalue weighted by Crippen LogP contribution is 2.22. The summed E-state index contributed by atoms with van der Waals surface area (Å²) < 4.78 is 27.4. The lowest BCUT2D eigenvalue weighted by atomic mass is 10.1. The maximum absolute atomic E-state index is 13.7. The SMILES string of the molecule is CCC(C(=O)NC1CCCC1)N(Cc1cccc(C)c1)C(=O)CN(c1ccc(I)cc1)S(C)(=O)=O. The average Bonchev–Trinajstić information content (AvgIpc) is 3.30. The van der Waals surface area contributed by atoms with Crippen LogP contribution in [0.1, 0.15) is 50.2 Å². The van der Waals surface area contributed by atoms with Crippen LogP contribution in [0.5, 0.6) is 0 Å². The molecular weight excluding hydrogens is 577 g/mol. The largest absolute Gasteiger partial charge is 0.352 e. The summed E-state index contributed by atoms with van der Waals surface area (Å²) in [6.45, 7) is 3.70. The molecule has 2 aromatic rings. The Morgan fingerprint density at radius 3 is 2.34 bits per heavy atom. The molecule has 1 aliphatic rings. The second-order valence-corrected chi connectivity index (χ2v) is 12.3. The molecule has 1 aliphatic carbocycles. The molecule has 9 heteroatoms. The first kappa shape index (κ1) is 27.4. The van der Waals surface area contributed by atoms with Crippen molar-refractivity contribution in [3.63, 3.8) is 0 Å². The number of anilines is 1. The van der Waals surface area contributed by atoms with Gasteiger partial charge >= 0.3 is 0 Å². The highest BCUT2D eigenvalue weighted by atomic mass is 127. The summed E-state index contributed by atoms with van der Waals surface area (Å²) in [6, 6.07) is 14.2. The van der Waals surface area contributed by atoms with Gasteiger partial charge in [0.25, 0.3) is 0 Å². The van der Waals surface area contributed by atoms with Crippen molar-refractivity contribution in [2.24, 2.45) is 0 Å². The van der Waals surface area contributed by atoms with Gasteiger partial charge in [0.05, 0.1) is 11.9 Å². The number of carbonyl (C=O) groups excluding carboxylic acids is 2. The standard InChI is InChI=1S/C26H34IN3O4S/c1-4-24(26(32)28-22-10-5-6-11-22)29(17-20-9-7-8-19(2)16-20)25(31)18-30(35(3,33)34)23-14-12-21(27)13-15-23/h7-9,12-16,22,24H,4-6,10-11,17-18H2,1-3H3,(H,28,32). The van der Waals surface area contributed by atoms with E-state index in [0.717, 1.165) is 50.9 Å². The molecule has 1 fully saturated rings. The number of sulfonamides is 1. The van der Waals surface area contributed by atoms with Crippen molar-refractivity contribution in [1.29, 1.82) is 0 Å². The molecule has 0 aromatic heterocycles. The molecule has 190 valence electrons. The van der Waals surface area contributed by atoms with Crippen LogP contribution in [-0.4, -0.2) is 50.0 Å². The first-order chi connectivity index (χ1) is 16.6. The van der Waals surface area contributed by atoms with Crippen LogP contribution >= 0.6 is 22.6 Å². The molecule has 1 atom stereocenters. The van der Waals surface area contributed by atoms with Gasteiger partial charge in [0, 0.05) is 16.2 Å². The van der Waals surface area contributed by atoms with Crippen molar-refractivity contribution in [2.45, 2.75) is 64.6 Å². The Hall–Kier alpha value is -2.14. The Bertz CT molecular complexity index is 1130. The Morgan fingerprint density at radius 1 is 1.11 bits per heavy atom. The monoisotopic (exact) mass is 611 g/mol. The van der Waals surface area contributed by atoms with Gasteiger partial charge in [-0.05, 0) is 78.6 Å². The third-order valence-corrected chi connectivity index (χ3v) is 8.18. The van der Waals surface area contributed by atoms with Crippen LogP contribution in [0.3, 0.4) is 0 Å². The van der Waals surface area contributed by atoms with Gasteiger partial charge in [-0.15, -0.1) is 0 Å². The summed E-state index contributed by atoms with van der Waals surface area (Å²) in [5.74, 6) is -0.593. The van der Waals surface area contributed by atoms with E-state index in [2.05, 4.69) is 27.9 Å². The van der Waals surface area contributed by atoms with Crippen LogP contribution in [0.4, 0.5) is 5.69 Å². The van der Waals surface area contributed by atoms with E-state index >= 15 is 0 Å². The van der Waals surface area contributed by atoms with Crippen molar-refractivity contribution < 1.29 is 18.0 Å². The van der Waals surface area contributed by atoms with Crippen molar-refractivity contribution in [3.8, 4) is 0 Å². The van der Waals surface area contributed by atoms with Crippen LogP contribution in [0.15, 0.2) is 48.5 Å². The number of rotatable bonds is 10. The maximum atomic E-state index is 13.7. The van der Waals surface area contributed by atoms with Gasteiger partial charge in [-0.1, -0.05) is 49.6 Å². The van der Waals surface area contributed by atoms with Gasteiger partial charge in [-0.2, -0.15) is 0 Å². The zero-order valence-corrected chi connectivity index (χ0v) is 23.5. The van der Waals surface area contributed by atoms with Crippen molar-refractivity contribution in [2.75, 3.05) is 17.1 Å². The number of amides is 2. The summed E-state index contributed by atoms with van der Waals surface area (Å²) in [6.07, 6.45) is 5.59. The lowest BCUT2D eigenvalue weighted by Gasteiger charge is -2.33. The van der Waals surface area contributed by atoms with Crippen molar-refractivity contribution in [3.05, 3.63) is 63.2 Å². The van der Waals surface area contributed by atoms with E-state index in [1.807, 2.05) is 38.1 Å². The molecule has 0 bridgehead atoms. The summed E-state index contributed by atoms with van der Waals surface area (Å²) >= 11 is 2.15. The van der Waals surface area contributed by atoms with E-state index in [4.69, 9.17) is 0 Å². The van der Waals surface area contributed by atoms with E-state index in [0.29, 0.717) is 12.1 Å². The lowest BCUT2D eigenvalue weighted by molar-refractivity contribution is -0.140. The molecule has 1 N–H and O–H groups in total. The minimum atomic E-state index is -3.73. The van der Waals surface area contributed by atoms with E-state index in [9.17, 15) is 18.0 Å². The number of benzene rings is 2. The molecule has 0 spiro atoms. The Labute approximate surface area is 222 Å². The fraction of sp³-hybridized carbons (Fsp3) is 0.462. The molecule has 7 nitrogen and oxygen atoms in total. The first-order valence-electron chi connectivity index (χ1n) is 12.0. The van der Waals surface area contributed by atoms with Gasteiger partial charge in [-0.3, -0.25) is 13.9 Å². The average molecular weight is 612 g/mol. The number of hydrogen-bond donors (Lipinski definition) is 1. The molecule has 35 heavy (non-hydrogen) atoms. The zero-order valence-electron chi connectivity index (χ0n) is 20.5. The molecular formula is C26H34IN3O4S. The minimum absolute atomic E-state index is 0.131. The molecule has 1 unspecified atom stereocenters. The molecule has 0 heterocycles. The fourth-order valence-corrected chi connectivity index (χ4v) is 5.72. The molecule has 1 saturated carbocycles. The smallest absolute Gasteiger partial charge is 0.244 e. The Balaban J connectivity index is 1.91. The quantitative estimate of drug-likeness (QED) is 0.408. The molecule has 0 saturated heterocycles. The third kappa shape index (κ3) is 7.67. The van der Waals surface area contributed by atoms with E-state index < -0.39 is 22.0 Å². The van der Waals surface area contributed by atoms with Gasteiger partial charge < -0.3 is 10.2 Å². The predicted octanol–water partition coefficient (Wildman–Crippen LogP) is 4.23. The van der Waals surface area contributed by atoms with Crippen LogP contribution < -0.4 is 9.62 Å². The number of hydrogen-bond acceptors (Lipinski definition) is 4.